The van der Waals surface area contributed by atoms with Crippen LogP contribution in [0.2, 0.25) is 11.1 Å². The smallest absolute Gasteiger partial charge is 0.187 e. The summed E-state index contributed by atoms with van der Waals surface area (Å²) < 4.78 is 1.16. The number of ketones is 1. The van der Waals surface area contributed by atoms with E-state index in [1.54, 1.807) is 23.5 Å². The molecule has 1 aromatic carbocycles. The Kier molecular flexibility index (Phi) is 5.00. The van der Waals surface area contributed by atoms with Crippen molar-refractivity contribution in [3.05, 3.63) is 55.4 Å². The first-order valence-electron chi connectivity index (χ1n) is 9.42. The number of aliphatic imine (C=N–C) groups is 1. The fraction of sp³-hybridized carbons (Fsp3) is 0.273. The number of hydrogen-bond donors (Lipinski definition) is 1. The summed E-state index contributed by atoms with van der Waals surface area (Å²) in [5.74, 6) is 0.329. The molecule has 2 heterocycles. The number of carbonyl (C=O) groups excluding carboxylic acids is 1. The predicted octanol–water partition coefficient (Wildman–Crippen LogP) is 5.75. The highest BCUT2D eigenvalue weighted by atomic mass is 127. The van der Waals surface area contributed by atoms with Gasteiger partial charge in [-0.15, -0.1) is 11.3 Å². The highest BCUT2D eigenvalue weighted by Crippen LogP contribution is 2.48. The number of allylic oxidation sites excluding steroid dienone is 4. The number of halogens is 1. The average molecular weight is 519 g/mol. The molecule has 0 bridgehead atoms. The molecule has 6 heteroatoms. The number of phenols is 1. The van der Waals surface area contributed by atoms with Crippen LogP contribution in [-0.4, -0.2) is 24.7 Å². The maximum absolute atomic E-state index is 13.1. The number of fused-ring (bicyclic) bond motifs is 2. The molecule has 3 nitrogen and oxygen atoms in total. The molecule has 28 heavy (non-hydrogen) atoms. The summed E-state index contributed by atoms with van der Waals surface area (Å²) in [6.07, 6.45) is 3.55. The molecule has 1 N–H and O–H groups in total. The second-order valence-electron chi connectivity index (χ2n) is 7.93. The van der Waals surface area contributed by atoms with E-state index >= 15 is 0 Å². The van der Waals surface area contributed by atoms with Crippen molar-refractivity contribution < 1.29 is 9.90 Å². The van der Waals surface area contributed by atoms with Gasteiger partial charge in [-0.25, -0.2) is 4.99 Å². The van der Waals surface area contributed by atoms with Crippen molar-refractivity contribution in [2.24, 2.45) is 4.99 Å². The minimum absolute atomic E-state index is 0.0639. The van der Waals surface area contributed by atoms with Gasteiger partial charge in [-0.2, -0.15) is 0 Å². The van der Waals surface area contributed by atoms with Gasteiger partial charge in [0.1, 0.15) is 13.8 Å². The molecule has 0 radical (unpaired) electrons. The number of aromatic hydroxyl groups is 1. The molecule has 0 spiro atoms. The van der Waals surface area contributed by atoms with Crippen molar-refractivity contribution in [1.82, 2.24) is 0 Å². The van der Waals surface area contributed by atoms with Gasteiger partial charge in [-0.1, -0.05) is 27.7 Å². The number of rotatable bonds is 3. The van der Waals surface area contributed by atoms with E-state index < -0.39 is 8.07 Å². The fourth-order valence-corrected chi connectivity index (χ4v) is 12.8. The third-order valence-corrected chi connectivity index (χ3v) is 14.0. The van der Waals surface area contributed by atoms with Crippen molar-refractivity contribution in [3.63, 3.8) is 0 Å². The van der Waals surface area contributed by atoms with E-state index in [-0.39, 0.29) is 11.5 Å². The second-order valence-corrected chi connectivity index (χ2v) is 16.0. The predicted molar refractivity (Wildman–Crippen MR) is 129 cm³/mol. The summed E-state index contributed by atoms with van der Waals surface area (Å²) in [7, 11) is -2.41. The standard InChI is InChI=1S/C22H22INO2SSi/c1-12(2)28(13(3)4)19-11-14(25)5-6-15(19)24-16-7-8-17(26)21(22(16)28)18-9-10-20(23)27-18/h5-13,25H,1-4H3. The van der Waals surface area contributed by atoms with Gasteiger partial charge in [0.2, 0.25) is 0 Å². The Hall–Kier alpha value is -1.51. The molecule has 1 aliphatic heterocycles. The molecule has 2 aromatic rings. The Labute approximate surface area is 184 Å². The molecule has 0 fully saturated rings. The lowest BCUT2D eigenvalue weighted by atomic mass is 10.0. The molecular weight excluding hydrogens is 497 g/mol. The van der Waals surface area contributed by atoms with E-state index in [4.69, 9.17) is 4.99 Å². The lowest BCUT2D eigenvalue weighted by Gasteiger charge is -2.46. The number of hydrogen-bond acceptors (Lipinski definition) is 4. The van der Waals surface area contributed by atoms with E-state index in [1.807, 2.05) is 18.2 Å². The maximum Gasteiger partial charge on any atom is 0.187 e. The summed E-state index contributed by atoms with van der Waals surface area (Å²) in [6.45, 7) is 9.03. The van der Waals surface area contributed by atoms with Crippen LogP contribution >= 0.6 is 33.9 Å². The van der Waals surface area contributed by atoms with Crippen LogP contribution in [-0.2, 0) is 4.79 Å². The molecule has 0 amide bonds. The normalized spacial score (nSPS) is 17.8. The summed E-state index contributed by atoms with van der Waals surface area (Å²) in [5.41, 5.74) is 3.37. The van der Waals surface area contributed by atoms with Crippen LogP contribution in [0.15, 0.2) is 52.7 Å². The zero-order chi connectivity index (χ0) is 20.2. The van der Waals surface area contributed by atoms with E-state index in [0.29, 0.717) is 11.1 Å². The van der Waals surface area contributed by atoms with Crippen LogP contribution in [0.25, 0.3) is 5.57 Å². The third-order valence-electron chi connectivity index (χ3n) is 5.87. The highest BCUT2D eigenvalue weighted by Gasteiger charge is 2.52. The molecule has 2 aliphatic rings. The number of thiophene rings is 1. The Morgan fingerprint density at radius 3 is 2.39 bits per heavy atom. The van der Waals surface area contributed by atoms with Gasteiger partial charge < -0.3 is 5.11 Å². The number of nitrogens with zero attached hydrogens (tertiary/aromatic N) is 1. The van der Waals surface area contributed by atoms with Crippen LogP contribution in [0.3, 0.4) is 0 Å². The molecule has 1 aromatic heterocycles. The molecule has 0 unspecified atom stereocenters. The van der Waals surface area contributed by atoms with Gasteiger partial charge >= 0.3 is 0 Å². The molecule has 1 aliphatic carbocycles. The Balaban J connectivity index is 2.17. The van der Waals surface area contributed by atoms with Crippen molar-refractivity contribution in [3.8, 4) is 5.75 Å². The van der Waals surface area contributed by atoms with Gasteiger partial charge in [-0.05, 0) is 86.5 Å². The first kappa shape index (κ1) is 19.8. The van der Waals surface area contributed by atoms with E-state index in [9.17, 15) is 9.90 Å². The van der Waals surface area contributed by atoms with E-state index in [0.717, 1.165) is 35.1 Å². The first-order chi connectivity index (χ1) is 13.3. The number of phenolic OH excluding ortho intramolecular Hbond substituents is 1. The van der Waals surface area contributed by atoms with Crippen LogP contribution < -0.4 is 5.19 Å². The van der Waals surface area contributed by atoms with Crippen molar-refractivity contribution in [2.75, 3.05) is 0 Å². The Morgan fingerprint density at radius 1 is 1.07 bits per heavy atom. The minimum Gasteiger partial charge on any atom is -0.508 e. The van der Waals surface area contributed by atoms with Crippen LogP contribution in [0.4, 0.5) is 5.69 Å². The number of carbonyl (C=O) groups is 1. The largest absolute Gasteiger partial charge is 0.508 e. The second kappa shape index (κ2) is 7.07. The highest BCUT2D eigenvalue weighted by molar-refractivity contribution is 14.1. The lowest BCUT2D eigenvalue weighted by molar-refractivity contribution is -0.109. The fourth-order valence-electron chi connectivity index (χ4n) is 4.86. The van der Waals surface area contributed by atoms with Gasteiger partial charge in [0.05, 0.1) is 14.3 Å². The Morgan fingerprint density at radius 2 is 1.79 bits per heavy atom. The first-order valence-corrected chi connectivity index (χ1v) is 13.5. The lowest BCUT2D eigenvalue weighted by Crippen LogP contribution is -2.59. The topological polar surface area (TPSA) is 49.7 Å². The van der Waals surface area contributed by atoms with Gasteiger partial charge in [0.25, 0.3) is 0 Å². The Bertz CT molecular complexity index is 1070. The number of benzene rings is 1. The molecule has 144 valence electrons. The zero-order valence-electron chi connectivity index (χ0n) is 16.3. The molecular formula is C22H22INO2SSi. The van der Waals surface area contributed by atoms with Crippen molar-refractivity contribution in [1.29, 1.82) is 0 Å². The van der Waals surface area contributed by atoms with Gasteiger partial charge in [-0.3, -0.25) is 4.79 Å². The van der Waals surface area contributed by atoms with E-state index in [2.05, 4.69) is 62.4 Å². The summed E-state index contributed by atoms with van der Waals surface area (Å²) >= 11 is 3.96. The average Bonchev–Trinajstić information content (AvgIpc) is 3.05. The quantitative estimate of drug-likeness (QED) is 0.319. The zero-order valence-corrected chi connectivity index (χ0v) is 20.3. The van der Waals surface area contributed by atoms with Crippen molar-refractivity contribution in [2.45, 2.75) is 38.8 Å². The maximum atomic E-state index is 13.1. The van der Waals surface area contributed by atoms with Crippen LogP contribution in [0, 0.1) is 2.88 Å². The minimum atomic E-state index is -2.41. The van der Waals surface area contributed by atoms with E-state index in [1.165, 1.54) is 0 Å². The molecule has 0 saturated carbocycles. The monoisotopic (exact) mass is 519 g/mol. The summed E-state index contributed by atoms with van der Waals surface area (Å²) in [5, 5.41) is 12.6. The van der Waals surface area contributed by atoms with Gasteiger partial charge in [0, 0.05) is 10.5 Å². The summed E-state index contributed by atoms with van der Waals surface area (Å²) in [6, 6.07) is 9.64. The molecule has 0 saturated heterocycles. The van der Waals surface area contributed by atoms with Crippen LogP contribution in [0.5, 0.6) is 5.75 Å². The van der Waals surface area contributed by atoms with Crippen LogP contribution in [0.1, 0.15) is 32.6 Å². The SMILES string of the molecule is CC(C)[Si]1(C(C)C)C2=C(c3ccc(I)s3)C(=O)C=CC2=Nc2ccc(O)cc21. The molecule has 4 rings (SSSR count). The van der Waals surface area contributed by atoms with Crippen molar-refractivity contribution >= 4 is 69.9 Å². The molecule has 0 atom stereocenters. The summed E-state index contributed by atoms with van der Waals surface area (Å²) in [4.78, 5) is 19.1. The third kappa shape index (κ3) is 2.80. The van der Waals surface area contributed by atoms with Gasteiger partial charge in [0.15, 0.2) is 5.78 Å².